The smallest absolute Gasteiger partial charge is 0.320 e. The third-order valence-corrected chi connectivity index (χ3v) is 9.45. The Balaban J connectivity index is 1.16. The van der Waals surface area contributed by atoms with Gasteiger partial charge in [0, 0.05) is 31.6 Å². The van der Waals surface area contributed by atoms with E-state index in [2.05, 4.69) is 9.80 Å². The van der Waals surface area contributed by atoms with Crippen LogP contribution in [0.1, 0.15) is 68.4 Å². The van der Waals surface area contributed by atoms with Crippen LogP contribution in [0.2, 0.25) is 0 Å². The van der Waals surface area contributed by atoms with Crippen molar-refractivity contribution in [3.05, 3.63) is 71.0 Å². The number of carboxylic acids is 1. The molecule has 0 amide bonds. The number of rotatable bonds is 11. The van der Waals surface area contributed by atoms with Crippen molar-refractivity contribution in [3.63, 3.8) is 0 Å². The highest BCUT2D eigenvalue weighted by Gasteiger charge is 2.41. The first kappa shape index (κ1) is 28.2. The molecule has 0 spiro atoms. The predicted molar refractivity (Wildman–Crippen MR) is 146 cm³/mol. The number of carbonyl (C=O) groups is 1. The fourth-order valence-electron chi connectivity index (χ4n) is 7.05. The second kappa shape index (κ2) is 12.9. The zero-order valence-electron chi connectivity index (χ0n) is 22.7. The number of halogens is 3. The topological polar surface area (TPSA) is 43.8 Å². The molecule has 0 radical (unpaired) electrons. The Morgan fingerprint density at radius 2 is 1.67 bits per heavy atom. The van der Waals surface area contributed by atoms with Gasteiger partial charge in [0.25, 0.3) is 0 Å². The lowest BCUT2D eigenvalue weighted by molar-refractivity contribution is -0.144. The monoisotopic (exact) mass is 542 g/mol. The Labute approximate surface area is 230 Å². The second-order valence-electron chi connectivity index (χ2n) is 12.2. The molecule has 3 atom stereocenters. The van der Waals surface area contributed by atoms with Gasteiger partial charge >= 0.3 is 5.97 Å². The Morgan fingerprint density at radius 3 is 2.31 bits per heavy atom. The molecule has 7 heteroatoms. The Kier molecular flexibility index (Phi) is 9.28. The van der Waals surface area contributed by atoms with Crippen molar-refractivity contribution in [2.45, 2.75) is 69.7 Å². The number of carboxylic acid groups (broad SMARTS) is 1. The van der Waals surface area contributed by atoms with E-state index in [0.717, 1.165) is 81.9 Å². The highest BCUT2D eigenvalue weighted by molar-refractivity contribution is 5.73. The number of aryl methyl sites for hydroxylation is 1. The van der Waals surface area contributed by atoms with E-state index in [1.165, 1.54) is 24.6 Å². The van der Waals surface area contributed by atoms with Crippen LogP contribution in [-0.4, -0.2) is 59.6 Å². The largest absolute Gasteiger partial charge is 0.480 e. The number of likely N-dealkylation sites (tertiary alicyclic amines) is 2. The number of benzene rings is 2. The summed E-state index contributed by atoms with van der Waals surface area (Å²) >= 11 is 0. The van der Waals surface area contributed by atoms with E-state index in [4.69, 9.17) is 0 Å². The highest BCUT2D eigenvalue weighted by atomic mass is 19.1. The first-order chi connectivity index (χ1) is 18.8. The van der Waals surface area contributed by atoms with Crippen LogP contribution in [0, 0.1) is 35.2 Å². The maximum atomic E-state index is 14.2. The summed E-state index contributed by atoms with van der Waals surface area (Å²) in [5.74, 6) is -0.508. The lowest BCUT2D eigenvalue weighted by Crippen LogP contribution is -2.43. The van der Waals surface area contributed by atoms with Crippen molar-refractivity contribution in [2.24, 2.45) is 17.8 Å². The Hall–Kier alpha value is -2.38. The third kappa shape index (κ3) is 7.43. The summed E-state index contributed by atoms with van der Waals surface area (Å²) in [6, 6.07) is 10.1. The number of hydrogen-bond donors (Lipinski definition) is 1. The van der Waals surface area contributed by atoms with Gasteiger partial charge in [-0.2, -0.15) is 0 Å². The van der Waals surface area contributed by atoms with Gasteiger partial charge in [-0.15, -0.1) is 0 Å². The van der Waals surface area contributed by atoms with Gasteiger partial charge in [-0.05, 0) is 98.3 Å². The molecule has 1 aliphatic carbocycles. The second-order valence-corrected chi connectivity index (χ2v) is 12.2. The van der Waals surface area contributed by atoms with Crippen molar-refractivity contribution in [1.82, 2.24) is 9.80 Å². The molecule has 39 heavy (non-hydrogen) atoms. The summed E-state index contributed by atoms with van der Waals surface area (Å²) in [5.41, 5.74) is 1.69. The number of piperidine rings is 1. The Bertz CT molecular complexity index is 1100. The standard InChI is InChI=1S/C32H41F3N2O2/c33-27-9-3-8-25(17-27)30-21-37(31(32(38)39)16-23-5-2-6-23)20-26(30)19-36-12-10-22(11-13-36)4-1-7-24-14-28(34)18-29(35)15-24/h3,8-9,14-15,17-18,22-23,26,30-31H,1-2,4-7,10-13,16,19-21H2,(H,38,39)/t26?,30?,31-/m1/s1. The molecule has 1 N–H and O–H groups in total. The summed E-state index contributed by atoms with van der Waals surface area (Å²) in [4.78, 5) is 16.9. The zero-order valence-corrected chi connectivity index (χ0v) is 22.7. The van der Waals surface area contributed by atoms with E-state index in [1.54, 1.807) is 12.1 Å². The van der Waals surface area contributed by atoms with Crippen molar-refractivity contribution >= 4 is 5.97 Å². The first-order valence-corrected chi connectivity index (χ1v) is 14.7. The molecule has 2 saturated heterocycles. The van der Waals surface area contributed by atoms with Crippen LogP contribution in [0.4, 0.5) is 13.2 Å². The third-order valence-electron chi connectivity index (χ3n) is 9.45. The van der Waals surface area contributed by atoms with Crippen LogP contribution >= 0.6 is 0 Å². The zero-order chi connectivity index (χ0) is 27.4. The van der Waals surface area contributed by atoms with Crippen molar-refractivity contribution in [2.75, 3.05) is 32.7 Å². The molecule has 1 saturated carbocycles. The normalized spacial score (nSPS) is 24.1. The van der Waals surface area contributed by atoms with Crippen molar-refractivity contribution in [1.29, 1.82) is 0 Å². The number of hydrogen-bond acceptors (Lipinski definition) is 3. The predicted octanol–water partition coefficient (Wildman–Crippen LogP) is 6.50. The molecule has 0 bridgehead atoms. The van der Waals surface area contributed by atoms with Gasteiger partial charge in [-0.1, -0.05) is 37.8 Å². The van der Waals surface area contributed by atoms with Gasteiger partial charge in [0.15, 0.2) is 0 Å². The molecule has 212 valence electrons. The maximum absolute atomic E-state index is 14.2. The minimum Gasteiger partial charge on any atom is -0.480 e. The molecular formula is C32H41F3N2O2. The van der Waals surface area contributed by atoms with Gasteiger partial charge in [0.2, 0.25) is 0 Å². The average Bonchev–Trinajstić information content (AvgIpc) is 3.27. The summed E-state index contributed by atoms with van der Waals surface area (Å²) < 4.78 is 41.1. The SMILES string of the molecule is O=C(O)[C@@H](CC1CCC1)N1CC(CN2CCC(CCCc3cc(F)cc(F)c3)CC2)C(c2cccc(F)c2)C1. The van der Waals surface area contributed by atoms with E-state index >= 15 is 0 Å². The van der Waals surface area contributed by atoms with Crippen LogP contribution < -0.4 is 0 Å². The first-order valence-electron chi connectivity index (χ1n) is 14.7. The van der Waals surface area contributed by atoms with Gasteiger partial charge in [-0.3, -0.25) is 9.69 Å². The molecule has 2 aromatic carbocycles. The molecule has 2 aromatic rings. The molecule has 0 aromatic heterocycles. The van der Waals surface area contributed by atoms with E-state index in [1.807, 2.05) is 6.07 Å². The van der Waals surface area contributed by atoms with Crippen LogP contribution in [0.3, 0.4) is 0 Å². The average molecular weight is 543 g/mol. The number of aliphatic carboxylic acids is 1. The fourth-order valence-corrected chi connectivity index (χ4v) is 7.05. The van der Waals surface area contributed by atoms with Crippen LogP contribution in [0.25, 0.3) is 0 Å². The van der Waals surface area contributed by atoms with E-state index in [9.17, 15) is 23.1 Å². The van der Waals surface area contributed by atoms with Gasteiger partial charge in [0.1, 0.15) is 23.5 Å². The van der Waals surface area contributed by atoms with Crippen LogP contribution in [0.15, 0.2) is 42.5 Å². The molecule has 5 rings (SSSR count). The minimum atomic E-state index is -0.734. The quantitative estimate of drug-likeness (QED) is 0.352. The fraction of sp³-hybridized carbons (Fsp3) is 0.594. The maximum Gasteiger partial charge on any atom is 0.320 e. The molecule has 4 nitrogen and oxygen atoms in total. The van der Waals surface area contributed by atoms with Gasteiger partial charge < -0.3 is 10.0 Å². The summed E-state index contributed by atoms with van der Waals surface area (Å²) in [6.07, 6.45) is 9.02. The molecule has 2 unspecified atom stereocenters. The number of nitrogens with zero attached hydrogens (tertiary/aromatic N) is 2. The summed E-state index contributed by atoms with van der Waals surface area (Å²) in [6.45, 7) is 4.28. The van der Waals surface area contributed by atoms with E-state index in [-0.39, 0.29) is 17.7 Å². The van der Waals surface area contributed by atoms with E-state index < -0.39 is 23.6 Å². The molecular weight excluding hydrogens is 501 g/mol. The van der Waals surface area contributed by atoms with Crippen molar-refractivity contribution in [3.8, 4) is 0 Å². The van der Waals surface area contributed by atoms with Gasteiger partial charge in [-0.25, -0.2) is 13.2 Å². The summed E-state index contributed by atoms with van der Waals surface area (Å²) in [7, 11) is 0. The van der Waals surface area contributed by atoms with Crippen molar-refractivity contribution < 1.29 is 23.1 Å². The lowest BCUT2D eigenvalue weighted by Gasteiger charge is -2.35. The molecule has 2 heterocycles. The lowest BCUT2D eigenvalue weighted by atomic mass is 9.80. The highest BCUT2D eigenvalue weighted by Crippen LogP contribution is 2.38. The van der Waals surface area contributed by atoms with E-state index in [0.29, 0.717) is 31.2 Å². The van der Waals surface area contributed by atoms with Crippen LogP contribution in [0.5, 0.6) is 0 Å². The molecule has 3 fully saturated rings. The molecule has 3 aliphatic rings. The Morgan fingerprint density at radius 1 is 0.923 bits per heavy atom. The molecule has 2 aliphatic heterocycles. The summed E-state index contributed by atoms with van der Waals surface area (Å²) in [5, 5.41) is 10.1. The van der Waals surface area contributed by atoms with Gasteiger partial charge in [0.05, 0.1) is 0 Å². The minimum absolute atomic E-state index is 0.119. The van der Waals surface area contributed by atoms with Crippen LogP contribution in [-0.2, 0) is 11.2 Å².